The van der Waals surface area contributed by atoms with Crippen LogP contribution in [-0.2, 0) is 14.3 Å². The molecule has 1 fully saturated rings. The number of rotatable bonds is 5. The minimum Gasteiger partial charge on any atom is -0.454 e. The topological polar surface area (TPSA) is 124 Å². The number of carbonyl (C=O) groups is 4. The molecule has 2 aliphatic rings. The number of Topliss-reactive ketones (excluding diaryl/α,β-unsaturated/α-hetero) is 1. The summed E-state index contributed by atoms with van der Waals surface area (Å²) < 4.78 is 5.13. The number of ether oxygens (including phenoxy) is 1. The van der Waals surface area contributed by atoms with Crippen molar-refractivity contribution in [3.8, 4) is 0 Å². The van der Waals surface area contributed by atoms with Crippen LogP contribution in [0.4, 0.5) is 5.69 Å². The molecule has 1 aromatic carbocycles. The van der Waals surface area contributed by atoms with Gasteiger partial charge in [0.1, 0.15) is 5.56 Å². The summed E-state index contributed by atoms with van der Waals surface area (Å²) in [6, 6.07) is 3.81. The quantitative estimate of drug-likeness (QED) is 0.338. The number of nitro benzene ring substituents is 1. The molecule has 1 atom stereocenters. The Morgan fingerprint density at radius 3 is 2.69 bits per heavy atom. The Hall–Kier alpha value is -3.10. The molecule has 1 aliphatic carbocycles. The Bertz CT molecular complexity index is 817. The van der Waals surface area contributed by atoms with E-state index < -0.39 is 34.5 Å². The molecular weight excluding hydrogens is 344 g/mol. The van der Waals surface area contributed by atoms with Crippen LogP contribution in [0, 0.1) is 10.1 Å². The van der Waals surface area contributed by atoms with Gasteiger partial charge in [0.25, 0.3) is 17.5 Å². The van der Waals surface area contributed by atoms with Crippen LogP contribution >= 0.6 is 0 Å². The third kappa shape index (κ3) is 3.19. The zero-order valence-electron chi connectivity index (χ0n) is 13.8. The van der Waals surface area contributed by atoms with Crippen LogP contribution in [0.15, 0.2) is 18.2 Å². The maximum absolute atomic E-state index is 12.4. The lowest BCUT2D eigenvalue weighted by atomic mass is 9.96. The largest absolute Gasteiger partial charge is 0.454 e. The van der Waals surface area contributed by atoms with E-state index in [-0.39, 0.29) is 29.9 Å². The summed E-state index contributed by atoms with van der Waals surface area (Å²) in [6.07, 6.45) is 1.39. The Morgan fingerprint density at radius 1 is 1.23 bits per heavy atom. The van der Waals surface area contributed by atoms with E-state index in [1.165, 1.54) is 12.1 Å². The second-order valence-electron chi connectivity index (χ2n) is 6.16. The maximum Gasteiger partial charge on any atom is 0.308 e. The molecule has 0 aromatic heterocycles. The van der Waals surface area contributed by atoms with Crippen LogP contribution in [0.25, 0.3) is 0 Å². The third-order valence-electron chi connectivity index (χ3n) is 4.49. The first-order chi connectivity index (χ1) is 12.4. The molecule has 9 heteroatoms. The Labute approximate surface area is 148 Å². The van der Waals surface area contributed by atoms with Gasteiger partial charge in [-0.1, -0.05) is 6.07 Å². The molecule has 0 N–H and O–H groups in total. The van der Waals surface area contributed by atoms with Gasteiger partial charge in [-0.05, 0) is 25.3 Å². The van der Waals surface area contributed by atoms with E-state index in [0.29, 0.717) is 12.8 Å². The number of fused-ring (bicyclic) bond motifs is 1. The van der Waals surface area contributed by atoms with Gasteiger partial charge in [0.15, 0.2) is 11.9 Å². The molecule has 1 saturated carbocycles. The van der Waals surface area contributed by atoms with Gasteiger partial charge in [0.2, 0.25) is 0 Å². The van der Waals surface area contributed by atoms with Gasteiger partial charge >= 0.3 is 5.97 Å². The van der Waals surface area contributed by atoms with Crippen LogP contribution in [0.3, 0.4) is 0 Å². The molecule has 0 radical (unpaired) electrons. The lowest BCUT2D eigenvalue weighted by Gasteiger charge is -2.21. The van der Waals surface area contributed by atoms with Gasteiger partial charge in [-0.25, -0.2) is 0 Å². The highest BCUT2D eigenvalue weighted by atomic mass is 16.6. The molecular formula is C17H16N2O7. The van der Waals surface area contributed by atoms with Gasteiger partial charge in [-0.2, -0.15) is 0 Å². The number of hydrogen-bond donors (Lipinski definition) is 0. The van der Waals surface area contributed by atoms with E-state index in [0.717, 1.165) is 23.8 Å². The van der Waals surface area contributed by atoms with Crippen LogP contribution in [0.5, 0.6) is 0 Å². The normalized spacial score (nSPS) is 19.5. The van der Waals surface area contributed by atoms with E-state index >= 15 is 0 Å². The Morgan fingerprint density at radius 2 is 2.00 bits per heavy atom. The fourth-order valence-electron chi connectivity index (χ4n) is 3.17. The first-order valence-corrected chi connectivity index (χ1v) is 8.26. The van der Waals surface area contributed by atoms with E-state index in [9.17, 15) is 29.3 Å². The van der Waals surface area contributed by atoms with E-state index in [2.05, 4.69) is 0 Å². The number of carbonyl (C=O) groups excluding carboxylic acids is 4. The van der Waals surface area contributed by atoms with E-state index in [4.69, 9.17) is 4.74 Å². The van der Waals surface area contributed by atoms with E-state index in [1.54, 1.807) is 0 Å². The molecule has 0 bridgehead atoms. The fourth-order valence-corrected chi connectivity index (χ4v) is 3.17. The molecule has 3 rings (SSSR count). The second kappa shape index (κ2) is 7.03. The van der Waals surface area contributed by atoms with Crippen LogP contribution in [0.2, 0.25) is 0 Å². The van der Waals surface area contributed by atoms with Gasteiger partial charge in [-0.15, -0.1) is 0 Å². The number of nitro groups is 1. The average molecular weight is 360 g/mol. The SMILES string of the molecule is O=C(CCN1C(=O)c2cccc([N+](=O)[O-])c2C1=O)OC1CCCCC1=O. The van der Waals surface area contributed by atoms with Crippen molar-refractivity contribution in [3.05, 3.63) is 39.4 Å². The highest BCUT2D eigenvalue weighted by Gasteiger charge is 2.41. The van der Waals surface area contributed by atoms with Gasteiger partial charge in [-0.3, -0.25) is 34.2 Å². The monoisotopic (exact) mass is 360 g/mol. The number of nitrogens with zero attached hydrogens (tertiary/aromatic N) is 2. The number of benzene rings is 1. The third-order valence-corrected chi connectivity index (χ3v) is 4.49. The molecule has 136 valence electrons. The smallest absolute Gasteiger partial charge is 0.308 e. The molecule has 1 aromatic rings. The number of hydrogen-bond acceptors (Lipinski definition) is 7. The van der Waals surface area contributed by atoms with Gasteiger partial charge < -0.3 is 4.74 Å². The summed E-state index contributed by atoms with van der Waals surface area (Å²) in [4.78, 5) is 59.4. The fraction of sp³-hybridized carbons (Fsp3) is 0.412. The lowest BCUT2D eigenvalue weighted by molar-refractivity contribution is -0.385. The van der Waals surface area contributed by atoms with Crippen molar-refractivity contribution in [2.75, 3.05) is 6.54 Å². The maximum atomic E-state index is 12.4. The lowest BCUT2D eigenvalue weighted by Crippen LogP contribution is -2.34. The molecule has 2 amide bonds. The van der Waals surface area contributed by atoms with E-state index in [1.807, 2.05) is 0 Å². The zero-order chi connectivity index (χ0) is 18.8. The summed E-state index contributed by atoms with van der Waals surface area (Å²) in [5.74, 6) is -2.30. The molecule has 1 heterocycles. The summed E-state index contributed by atoms with van der Waals surface area (Å²) >= 11 is 0. The van der Waals surface area contributed by atoms with Crippen molar-refractivity contribution in [2.24, 2.45) is 0 Å². The molecule has 26 heavy (non-hydrogen) atoms. The summed E-state index contributed by atoms with van der Waals surface area (Å²) in [5, 5.41) is 11.1. The van der Waals surface area contributed by atoms with Crippen molar-refractivity contribution in [1.82, 2.24) is 4.90 Å². The van der Waals surface area contributed by atoms with Gasteiger partial charge in [0.05, 0.1) is 16.9 Å². The van der Waals surface area contributed by atoms with Crippen LogP contribution in [-0.4, -0.2) is 46.0 Å². The number of ketones is 1. The van der Waals surface area contributed by atoms with Crippen molar-refractivity contribution < 1.29 is 28.8 Å². The summed E-state index contributed by atoms with van der Waals surface area (Å²) in [6.45, 7) is -0.261. The van der Waals surface area contributed by atoms with Crippen molar-refractivity contribution >= 4 is 29.3 Å². The minimum atomic E-state index is -0.807. The average Bonchev–Trinajstić information content (AvgIpc) is 2.86. The minimum absolute atomic E-state index is 0.0555. The summed E-state index contributed by atoms with van der Waals surface area (Å²) in [5.41, 5.74) is -0.767. The highest BCUT2D eigenvalue weighted by molar-refractivity contribution is 6.23. The molecule has 0 spiro atoms. The highest BCUT2D eigenvalue weighted by Crippen LogP contribution is 2.30. The van der Waals surface area contributed by atoms with Gasteiger partial charge in [0, 0.05) is 19.0 Å². The molecule has 0 saturated heterocycles. The number of amides is 2. The molecule has 1 aliphatic heterocycles. The number of esters is 1. The predicted octanol–water partition coefficient (Wildman–Crippen LogP) is 1.64. The summed E-state index contributed by atoms with van der Waals surface area (Å²) in [7, 11) is 0. The molecule has 1 unspecified atom stereocenters. The van der Waals surface area contributed by atoms with Crippen LogP contribution < -0.4 is 0 Å². The van der Waals surface area contributed by atoms with Crippen molar-refractivity contribution in [3.63, 3.8) is 0 Å². The predicted molar refractivity (Wildman–Crippen MR) is 86.4 cm³/mol. The Kier molecular flexibility index (Phi) is 4.79. The standard InChI is InChI=1S/C17H16N2O7/c20-12-6-1-2-7-13(12)26-14(21)8-9-18-16(22)10-4-3-5-11(19(24)25)15(10)17(18)23/h3-5,13H,1-2,6-9H2. The number of imide groups is 1. The van der Waals surface area contributed by atoms with Crippen LogP contribution in [0.1, 0.15) is 52.8 Å². The van der Waals surface area contributed by atoms with Crippen molar-refractivity contribution in [1.29, 1.82) is 0 Å². The van der Waals surface area contributed by atoms with Crippen molar-refractivity contribution in [2.45, 2.75) is 38.2 Å². The second-order valence-corrected chi connectivity index (χ2v) is 6.16. The molecule has 9 nitrogen and oxygen atoms in total. The first kappa shape index (κ1) is 17.7. The zero-order valence-corrected chi connectivity index (χ0v) is 13.8. The first-order valence-electron chi connectivity index (χ1n) is 8.26. The Balaban J connectivity index is 1.66.